The minimum atomic E-state index is 0.517. The number of aromatic nitrogens is 3. The van der Waals surface area contributed by atoms with Gasteiger partial charge < -0.3 is 10.7 Å². The first kappa shape index (κ1) is 13.2. The molecular weight excluding hydrogens is 292 g/mol. The van der Waals surface area contributed by atoms with E-state index in [1.54, 1.807) is 18.0 Å². The molecule has 1 aromatic carbocycles. The third-order valence-electron chi connectivity index (χ3n) is 3.77. The lowest BCUT2D eigenvalue weighted by atomic mass is 10.1. The summed E-state index contributed by atoms with van der Waals surface area (Å²) in [4.78, 5) is 13.2. The van der Waals surface area contributed by atoms with Crippen LogP contribution in [0.3, 0.4) is 0 Å². The maximum Gasteiger partial charge on any atom is 0.138 e. The minimum Gasteiger partial charge on any atom is -0.384 e. The molecule has 108 valence electrons. The number of benzene rings is 1. The Balaban J connectivity index is 2.00. The SMILES string of the molecule is CSc1ccccc1-c1cnc2[nH]c3cnc(N)cc3c2c1. The molecule has 0 aliphatic heterocycles. The van der Waals surface area contributed by atoms with Crippen LogP contribution in [0, 0.1) is 0 Å². The van der Waals surface area contributed by atoms with Crippen LogP contribution in [0.4, 0.5) is 5.82 Å². The smallest absolute Gasteiger partial charge is 0.138 e. The van der Waals surface area contributed by atoms with E-state index in [0.717, 1.165) is 27.5 Å². The average Bonchev–Trinajstić information content (AvgIpc) is 2.92. The number of nitrogens with two attached hydrogens (primary N) is 1. The maximum absolute atomic E-state index is 5.82. The predicted molar refractivity (Wildman–Crippen MR) is 93.0 cm³/mol. The van der Waals surface area contributed by atoms with E-state index in [1.165, 1.54) is 10.5 Å². The van der Waals surface area contributed by atoms with Gasteiger partial charge in [0.1, 0.15) is 11.5 Å². The number of H-pyrrole nitrogens is 1. The lowest BCUT2D eigenvalue weighted by Crippen LogP contribution is -1.87. The predicted octanol–water partition coefficient (Wildman–Crippen LogP) is 4.08. The Labute approximate surface area is 131 Å². The van der Waals surface area contributed by atoms with Crippen molar-refractivity contribution in [2.75, 3.05) is 12.0 Å². The van der Waals surface area contributed by atoms with E-state index in [9.17, 15) is 0 Å². The number of rotatable bonds is 2. The van der Waals surface area contributed by atoms with Gasteiger partial charge in [0.05, 0.1) is 11.7 Å². The average molecular weight is 306 g/mol. The number of nitrogen functional groups attached to an aromatic ring is 1. The van der Waals surface area contributed by atoms with Gasteiger partial charge in [-0.1, -0.05) is 18.2 Å². The molecule has 0 bridgehead atoms. The van der Waals surface area contributed by atoms with E-state index in [1.807, 2.05) is 12.3 Å². The van der Waals surface area contributed by atoms with E-state index in [4.69, 9.17) is 5.73 Å². The fourth-order valence-electron chi connectivity index (χ4n) is 2.72. The second-order valence-electron chi connectivity index (χ2n) is 5.10. The molecule has 4 nitrogen and oxygen atoms in total. The van der Waals surface area contributed by atoms with Crippen LogP contribution in [-0.4, -0.2) is 21.2 Å². The van der Waals surface area contributed by atoms with Crippen LogP contribution >= 0.6 is 11.8 Å². The molecule has 0 unspecified atom stereocenters. The number of aromatic amines is 1. The van der Waals surface area contributed by atoms with Crippen molar-refractivity contribution >= 4 is 39.5 Å². The molecule has 5 heteroatoms. The van der Waals surface area contributed by atoms with Crippen molar-refractivity contribution in [2.45, 2.75) is 4.90 Å². The van der Waals surface area contributed by atoms with Gasteiger partial charge in [0.25, 0.3) is 0 Å². The van der Waals surface area contributed by atoms with Gasteiger partial charge in [-0.3, -0.25) is 0 Å². The second kappa shape index (κ2) is 5.03. The van der Waals surface area contributed by atoms with Gasteiger partial charge >= 0.3 is 0 Å². The lowest BCUT2D eigenvalue weighted by Gasteiger charge is -2.07. The Morgan fingerprint density at radius 3 is 2.77 bits per heavy atom. The molecule has 0 saturated carbocycles. The van der Waals surface area contributed by atoms with Gasteiger partial charge in [-0.05, 0) is 30.0 Å². The number of anilines is 1. The normalized spacial score (nSPS) is 11.3. The van der Waals surface area contributed by atoms with Gasteiger partial charge in [-0.2, -0.15) is 0 Å². The van der Waals surface area contributed by atoms with Crippen molar-refractivity contribution in [3.05, 3.63) is 48.8 Å². The van der Waals surface area contributed by atoms with Crippen molar-refractivity contribution in [1.82, 2.24) is 15.0 Å². The third kappa shape index (κ3) is 2.02. The summed E-state index contributed by atoms with van der Waals surface area (Å²) < 4.78 is 0. The monoisotopic (exact) mass is 306 g/mol. The van der Waals surface area contributed by atoms with Crippen LogP contribution in [0.15, 0.2) is 53.7 Å². The molecule has 3 N–H and O–H groups in total. The van der Waals surface area contributed by atoms with Crippen LogP contribution in [0.1, 0.15) is 0 Å². The molecule has 4 rings (SSSR count). The van der Waals surface area contributed by atoms with Gasteiger partial charge in [0.15, 0.2) is 0 Å². The fourth-order valence-corrected chi connectivity index (χ4v) is 3.34. The summed E-state index contributed by atoms with van der Waals surface area (Å²) >= 11 is 1.74. The Kier molecular flexibility index (Phi) is 3.01. The molecule has 0 aliphatic rings. The third-order valence-corrected chi connectivity index (χ3v) is 4.57. The number of nitrogens with zero attached hydrogens (tertiary/aromatic N) is 2. The highest BCUT2D eigenvalue weighted by molar-refractivity contribution is 7.98. The van der Waals surface area contributed by atoms with Gasteiger partial charge in [-0.25, -0.2) is 9.97 Å². The first-order chi connectivity index (χ1) is 10.8. The van der Waals surface area contributed by atoms with Gasteiger partial charge in [0.2, 0.25) is 0 Å². The number of nitrogens with one attached hydrogen (secondary N) is 1. The van der Waals surface area contributed by atoms with Crippen LogP contribution in [0.2, 0.25) is 0 Å². The van der Waals surface area contributed by atoms with E-state index in [-0.39, 0.29) is 0 Å². The topological polar surface area (TPSA) is 67.6 Å². The van der Waals surface area contributed by atoms with E-state index in [0.29, 0.717) is 5.82 Å². The summed E-state index contributed by atoms with van der Waals surface area (Å²) in [6, 6.07) is 12.4. The number of hydrogen-bond donors (Lipinski definition) is 2. The number of hydrogen-bond acceptors (Lipinski definition) is 4. The summed E-state index contributed by atoms with van der Waals surface area (Å²) in [6.45, 7) is 0. The zero-order valence-electron chi connectivity index (χ0n) is 12.0. The quantitative estimate of drug-likeness (QED) is 0.548. The molecule has 0 saturated heterocycles. The summed E-state index contributed by atoms with van der Waals surface area (Å²) in [5, 5.41) is 2.12. The molecule has 0 radical (unpaired) electrons. The molecule has 22 heavy (non-hydrogen) atoms. The molecule has 4 aromatic rings. The maximum atomic E-state index is 5.82. The molecule has 3 aromatic heterocycles. The van der Waals surface area contributed by atoms with Gasteiger partial charge in [-0.15, -0.1) is 11.8 Å². The summed E-state index contributed by atoms with van der Waals surface area (Å²) in [5.74, 6) is 0.517. The number of thioether (sulfide) groups is 1. The van der Waals surface area contributed by atoms with Crippen LogP contribution < -0.4 is 5.73 Å². The van der Waals surface area contributed by atoms with Crippen molar-refractivity contribution in [3.8, 4) is 11.1 Å². The number of pyridine rings is 2. The molecule has 0 fully saturated rings. The van der Waals surface area contributed by atoms with Gasteiger partial charge in [0, 0.05) is 27.4 Å². The van der Waals surface area contributed by atoms with Crippen molar-refractivity contribution in [3.63, 3.8) is 0 Å². The minimum absolute atomic E-state index is 0.517. The van der Waals surface area contributed by atoms with Crippen LogP contribution in [0.5, 0.6) is 0 Å². The Hall–Kier alpha value is -2.53. The molecule has 0 aliphatic carbocycles. The van der Waals surface area contributed by atoms with E-state index >= 15 is 0 Å². The molecule has 0 spiro atoms. The molecule has 0 atom stereocenters. The first-order valence-corrected chi connectivity index (χ1v) is 8.15. The Morgan fingerprint density at radius 1 is 1.05 bits per heavy atom. The molecule has 3 heterocycles. The highest BCUT2D eigenvalue weighted by atomic mass is 32.2. The summed E-state index contributed by atoms with van der Waals surface area (Å²) in [7, 11) is 0. The number of fused-ring (bicyclic) bond motifs is 3. The van der Waals surface area contributed by atoms with Crippen molar-refractivity contribution in [1.29, 1.82) is 0 Å². The van der Waals surface area contributed by atoms with Crippen LogP contribution in [0.25, 0.3) is 33.1 Å². The van der Waals surface area contributed by atoms with Crippen molar-refractivity contribution < 1.29 is 0 Å². The largest absolute Gasteiger partial charge is 0.384 e. The summed E-state index contributed by atoms with van der Waals surface area (Å²) in [5.41, 5.74) is 9.93. The molecule has 0 amide bonds. The van der Waals surface area contributed by atoms with Crippen molar-refractivity contribution in [2.24, 2.45) is 0 Å². The zero-order valence-corrected chi connectivity index (χ0v) is 12.8. The lowest BCUT2D eigenvalue weighted by molar-refractivity contribution is 1.32. The highest BCUT2D eigenvalue weighted by Crippen LogP contribution is 2.33. The molecular formula is C17H14N4S. The van der Waals surface area contributed by atoms with E-state index in [2.05, 4.69) is 51.5 Å². The Morgan fingerprint density at radius 2 is 1.91 bits per heavy atom. The first-order valence-electron chi connectivity index (χ1n) is 6.92. The highest BCUT2D eigenvalue weighted by Gasteiger charge is 2.10. The standard InChI is InChI=1S/C17H14N4S/c1-22-15-5-3-2-4-11(15)10-6-13-12-7-16(18)19-9-14(12)21-17(13)20-8-10/h2-9H,1H3,(H2,18,19)(H,20,21). The second-order valence-corrected chi connectivity index (χ2v) is 5.95. The Bertz CT molecular complexity index is 990. The van der Waals surface area contributed by atoms with Crippen LogP contribution in [-0.2, 0) is 0 Å². The zero-order chi connectivity index (χ0) is 15.1. The fraction of sp³-hybridized carbons (Fsp3) is 0.0588. The van der Waals surface area contributed by atoms with E-state index < -0.39 is 0 Å². The summed E-state index contributed by atoms with van der Waals surface area (Å²) in [6.07, 6.45) is 5.74.